The number of allylic oxidation sites excluding steroid dienone is 2. The highest BCUT2D eigenvalue weighted by Crippen LogP contribution is 2.58. The second kappa shape index (κ2) is 4.15. The quantitative estimate of drug-likeness (QED) is 0.575. The number of Topliss-reactive ketones (excluding diaryl/α,β-unsaturated/α-hetero) is 2. The van der Waals surface area contributed by atoms with Gasteiger partial charge in [-0.05, 0) is 37.3 Å². The van der Waals surface area contributed by atoms with E-state index < -0.39 is 5.41 Å². The standard InChI is InChI=1S/C18H20O2/c1-10-5-8-14-15(9-10)17(20)18(13(4)19)12(3)7-6-11(2)16(14)18/h5-9,11-12,16H,1-4H3/t11-,12+,16+,18-/m1/s1. The fourth-order valence-corrected chi connectivity index (χ4v) is 4.24. The van der Waals surface area contributed by atoms with Crippen molar-refractivity contribution in [1.82, 2.24) is 0 Å². The van der Waals surface area contributed by atoms with Gasteiger partial charge in [-0.2, -0.15) is 0 Å². The summed E-state index contributed by atoms with van der Waals surface area (Å²) in [6, 6.07) is 6.03. The molecule has 2 aliphatic rings. The molecular formula is C18H20O2. The molecule has 0 amide bonds. The van der Waals surface area contributed by atoms with Crippen LogP contribution in [0.1, 0.15) is 48.2 Å². The van der Waals surface area contributed by atoms with Crippen LogP contribution in [0.5, 0.6) is 0 Å². The number of rotatable bonds is 1. The summed E-state index contributed by atoms with van der Waals surface area (Å²) in [4.78, 5) is 25.5. The lowest BCUT2D eigenvalue weighted by Crippen LogP contribution is -2.47. The maximum atomic E-state index is 13.0. The lowest BCUT2D eigenvalue weighted by molar-refractivity contribution is -0.127. The zero-order chi connectivity index (χ0) is 14.7. The van der Waals surface area contributed by atoms with E-state index >= 15 is 0 Å². The molecule has 0 unspecified atom stereocenters. The largest absolute Gasteiger partial charge is 0.299 e. The van der Waals surface area contributed by atoms with Gasteiger partial charge < -0.3 is 0 Å². The molecule has 0 bridgehead atoms. The lowest BCUT2D eigenvalue weighted by Gasteiger charge is -2.41. The van der Waals surface area contributed by atoms with Gasteiger partial charge in [0.15, 0.2) is 5.78 Å². The van der Waals surface area contributed by atoms with Crippen LogP contribution < -0.4 is 0 Å². The molecule has 20 heavy (non-hydrogen) atoms. The molecule has 0 N–H and O–H groups in total. The van der Waals surface area contributed by atoms with Crippen molar-refractivity contribution in [2.24, 2.45) is 17.3 Å². The summed E-state index contributed by atoms with van der Waals surface area (Å²) in [6.45, 7) is 7.66. The maximum absolute atomic E-state index is 13.0. The maximum Gasteiger partial charge on any atom is 0.177 e. The van der Waals surface area contributed by atoms with E-state index in [0.29, 0.717) is 0 Å². The Kier molecular flexibility index (Phi) is 2.75. The van der Waals surface area contributed by atoms with E-state index in [9.17, 15) is 9.59 Å². The molecule has 2 nitrogen and oxygen atoms in total. The van der Waals surface area contributed by atoms with Crippen LogP contribution in [0.25, 0.3) is 0 Å². The number of fused-ring (bicyclic) bond motifs is 3. The van der Waals surface area contributed by atoms with Crippen molar-refractivity contribution >= 4 is 11.6 Å². The first-order valence-electron chi connectivity index (χ1n) is 7.25. The highest BCUT2D eigenvalue weighted by atomic mass is 16.2. The second-order valence-electron chi connectivity index (χ2n) is 6.36. The Bertz CT molecular complexity index is 641. The van der Waals surface area contributed by atoms with Crippen LogP contribution in [0.3, 0.4) is 0 Å². The molecule has 1 aromatic rings. The van der Waals surface area contributed by atoms with Crippen molar-refractivity contribution in [3.05, 3.63) is 47.0 Å². The van der Waals surface area contributed by atoms with Gasteiger partial charge in [-0.25, -0.2) is 0 Å². The minimum absolute atomic E-state index is 0.00468. The van der Waals surface area contributed by atoms with Crippen LogP contribution >= 0.6 is 0 Å². The van der Waals surface area contributed by atoms with Crippen LogP contribution in [0, 0.1) is 24.2 Å². The molecule has 0 saturated carbocycles. The normalized spacial score (nSPS) is 34.8. The zero-order valence-electron chi connectivity index (χ0n) is 12.4. The first kappa shape index (κ1) is 13.3. The third kappa shape index (κ3) is 1.39. The first-order valence-corrected chi connectivity index (χ1v) is 7.25. The molecule has 0 spiro atoms. The molecule has 3 rings (SSSR count). The fraction of sp³-hybridized carbons (Fsp3) is 0.444. The minimum Gasteiger partial charge on any atom is -0.299 e. The van der Waals surface area contributed by atoms with Gasteiger partial charge in [0.05, 0.1) is 0 Å². The van der Waals surface area contributed by atoms with Crippen molar-refractivity contribution < 1.29 is 9.59 Å². The second-order valence-corrected chi connectivity index (χ2v) is 6.36. The molecule has 0 fully saturated rings. The number of aryl methyl sites for hydroxylation is 1. The van der Waals surface area contributed by atoms with Crippen LogP contribution in [-0.2, 0) is 4.79 Å². The summed E-state index contributed by atoms with van der Waals surface area (Å²) in [5.74, 6) is 0.190. The molecule has 0 aliphatic heterocycles. The zero-order valence-corrected chi connectivity index (χ0v) is 12.4. The van der Waals surface area contributed by atoms with Crippen LogP contribution in [0.4, 0.5) is 0 Å². The van der Waals surface area contributed by atoms with Gasteiger partial charge in [0.25, 0.3) is 0 Å². The monoisotopic (exact) mass is 268 g/mol. The molecule has 1 aromatic carbocycles. The predicted octanol–water partition coefficient (Wildman–Crippen LogP) is 3.69. The van der Waals surface area contributed by atoms with Gasteiger partial charge in [0.2, 0.25) is 0 Å². The van der Waals surface area contributed by atoms with E-state index in [1.807, 2.05) is 38.1 Å². The average molecular weight is 268 g/mol. The van der Waals surface area contributed by atoms with Crippen LogP contribution in [0.15, 0.2) is 30.4 Å². The van der Waals surface area contributed by atoms with E-state index in [4.69, 9.17) is 0 Å². The van der Waals surface area contributed by atoms with E-state index in [1.54, 1.807) is 6.92 Å². The molecule has 2 aliphatic carbocycles. The van der Waals surface area contributed by atoms with Gasteiger partial charge in [0.1, 0.15) is 11.2 Å². The number of hydrogen-bond donors (Lipinski definition) is 0. The highest BCUT2D eigenvalue weighted by Gasteiger charge is 2.61. The predicted molar refractivity (Wildman–Crippen MR) is 78.8 cm³/mol. The van der Waals surface area contributed by atoms with E-state index in [-0.39, 0.29) is 29.3 Å². The summed E-state index contributed by atoms with van der Waals surface area (Å²) < 4.78 is 0. The summed E-state index contributed by atoms with van der Waals surface area (Å²) in [5, 5.41) is 0. The number of carbonyl (C=O) groups is 2. The average Bonchev–Trinajstić information content (AvgIpc) is 2.66. The van der Waals surface area contributed by atoms with E-state index in [2.05, 4.69) is 13.0 Å². The molecule has 2 heteroatoms. The lowest BCUT2D eigenvalue weighted by atomic mass is 9.58. The minimum atomic E-state index is -0.885. The summed E-state index contributed by atoms with van der Waals surface area (Å²) in [7, 11) is 0. The summed E-state index contributed by atoms with van der Waals surface area (Å²) >= 11 is 0. The van der Waals surface area contributed by atoms with Gasteiger partial charge in [-0.3, -0.25) is 9.59 Å². The Morgan fingerprint density at radius 3 is 2.55 bits per heavy atom. The third-order valence-electron chi connectivity index (χ3n) is 5.18. The Hall–Kier alpha value is -1.70. The van der Waals surface area contributed by atoms with E-state index in [1.165, 1.54) is 0 Å². The van der Waals surface area contributed by atoms with E-state index in [0.717, 1.165) is 16.7 Å². The first-order chi connectivity index (χ1) is 9.40. The SMILES string of the molecule is CC(=O)[C@@]12C(=O)c3cc(C)ccc3[C@@H]1[C@H](C)C=C[C@@H]2C. The molecule has 104 valence electrons. The Balaban J connectivity index is 2.33. The van der Waals surface area contributed by atoms with Crippen molar-refractivity contribution in [2.45, 2.75) is 33.6 Å². The van der Waals surface area contributed by atoms with Gasteiger partial charge in [0, 0.05) is 11.5 Å². The molecule has 0 saturated heterocycles. The molecular weight excluding hydrogens is 248 g/mol. The van der Waals surface area contributed by atoms with Crippen LogP contribution in [-0.4, -0.2) is 11.6 Å². The van der Waals surface area contributed by atoms with Gasteiger partial charge in [-0.1, -0.05) is 43.7 Å². The number of ketones is 2. The Morgan fingerprint density at radius 1 is 1.20 bits per heavy atom. The summed E-state index contributed by atoms with van der Waals surface area (Å²) in [6.07, 6.45) is 4.19. The molecule has 0 heterocycles. The van der Waals surface area contributed by atoms with Crippen molar-refractivity contribution in [3.8, 4) is 0 Å². The third-order valence-corrected chi connectivity index (χ3v) is 5.18. The number of hydrogen-bond acceptors (Lipinski definition) is 2. The van der Waals surface area contributed by atoms with Crippen LogP contribution in [0.2, 0.25) is 0 Å². The fourth-order valence-electron chi connectivity index (χ4n) is 4.24. The van der Waals surface area contributed by atoms with Gasteiger partial charge in [-0.15, -0.1) is 0 Å². The van der Waals surface area contributed by atoms with Crippen molar-refractivity contribution in [3.63, 3.8) is 0 Å². The topological polar surface area (TPSA) is 34.1 Å². The van der Waals surface area contributed by atoms with Crippen molar-refractivity contribution in [1.29, 1.82) is 0 Å². The highest BCUT2D eigenvalue weighted by molar-refractivity contribution is 6.19. The van der Waals surface area contributed by atoms with Crippen molar-refractivity contribution in [2.75, 3.05) is 0 Å². The Labute approximate surface area is 119 Å². The summed E-state index contributed by atoms with van der Waals surface area (Å²) in [5.41, 5.74) is 2.00. The molecule has 0 aromatic heterocycles. The smallest absolute Gasteiger partial charge is 0.177 e. The van der Waals surface area contributed by atoms with Gasteiger partial charge >= 0.3 is 0 Å². The Morgan fingerprint density at radius 2 is 1.90 bits per heavy atom. The molecule has 4 atom stereocenters. The molecule has 0 radical (unpaired) electrons. The number of carbonyl (C=O) groups excluding carboxylic acids is 2. The number of benzene rings is 1.